The maximum Gasteiger partial charge on any atom is 0.140 e. The van der Waals surface area contributed by atoms with Crippen LogP contribution < -0.4 is 0 Å². The molecule has 0 N–H and O–H groups in total. The standard InChI is InChI=1S/C7H11FO2/c1-6(9)5-7(10)3-2-4-8/h2-5H2,1H3. The normalized spacial score (nSPS) is 9.40. The van der Waals surface area contributed by atoms with Crippen LogP contribution in [0.15, 0.2) is 0 Å². The van der Waals surface area contributed by atoms with Crippen LogP contribution in [0.2, 0.25) is 0 Å². The van der Waals surface area contributed by atoms with Gasteiger partial charge in [-0.3, -0.25) is 14.0 Å². The molecule has 10 heavy (non-hydrogen) atoms. The molecule has 0 atom stereocenters. The second kappa shape index (κ2) is 5.09. The van der Waals surface area contributed by atoms with E-state index in [2.05, 4.69) is 0 Å². The molecule has 0 radical (unpaired) electrons. The molecule has 0 fully saturated rings. The molecule has 0 aromatic heterocycles. The molecule has 0 spiro atoms. The molecular formula is C7H11FO2. The van der Waals surface area contributed by atoms with Crippen LogP contribution in [0.3, 0.4) is 0 Å². The zero-order valence-corrected chi connectivity index (χ0v) is 6.02. The van der Waals surface area contributed by atoms with Crippen molar-refractivity contribution in [3.8, 4) is 0 Å². The first kappa shape index (κ1) is 9.27. The molecule has 0 amide bonds. The Morgan fingerprint density at radius 2 is 2.00 bits per heavy atom. The van der Waals surface area contributed by atoms with Gasteiger partial charge in [-0.25, -0.2) is 0 Å². The summed E-state index contributed by atoms with van der Waals surface area (Å²) >= 11 is 0. The predicted octanol–water partition coefficient (Wildman–Crippen LogP) is 1.28. The summed E-state index contributed by atoms with van der Waals surface area (Å²) in [7, 11) is 0. The van der Waals surface area contributed by atoms with Crippen LogP contribution in [0.5, 0.6) is 0 Å². The van der Waals surface area contributed by atoms with Gasteiger partial charge in [-0.15, -0.1) is 0 Å². The van der Waals surface area contributed by atoms with E-state index in [1.807, 2.05) is 0 Å². The van der Waals surface area contributed by atoms with Crippen molar-refractivity contribution in [2.75, 3.05) is 6.67 Å². The van der Waals surface area contributed by atoms with Gasteiger partial charge in [-0.1, -0.05) is 0 Å². The zero-order valence-electron chi connectivity index (χ0n) is 6.02. The monoisotopic (exact) mass is 146 g/mol. The summed E-state index contributed by atoms with van der Waals surface area (Å²) in [4.78, 5) is 20.9. The number of carbonyl (C=O) groups excluding carboxylic acids is 2. The molecule has 0 bridgehead atoms. The lowest BCUT2D eigenvalue weighted by molar-refractivity contribution is -0.125. The number of alkyl halides is 1. The highest BCUT2D eigenvalue weighted by Gasteiger charge is 2.03. The lowest BCUT2D eigenvalue weighted by atomic mass is 10.1. The van der Waals surface area contributed by atoms with Crippen LogP contribution in [0.1, 0.15) is 26.2 Å². The molecule has 0 saturated carbocycles. The third-order valence-corrected chi connectivity index (χ3v) is 1.04. The molecule has 3 heteroatoms. The number of rotatable bonds is 5. The molecule has 0 heterocycles. The molecule has 0 rings (SSSR count). The van der Waals surface area contributed by atoms with E-state index in [0.717, 1.165) is 0 Å². The number of hydrogen-bond donors (Lipinski definition) is 0. The fourth-order valence-corrected chi connectivity index (χ4v) is 0.630. The van der Waals surface area contributed by atoms with Gasteiger partial charge in [0, 0.05) is 6.42 Å². The molecule has 0 aliphatic heterocycles. The summed E-state index contributed by atoms with van der Waals surface area (Å²) < 4.78 is 11.5. The largest absolute Gasteiger partial charge is 0.300 e. The summed E-state index contributed by atoms with van der Waals surface area (Å²) in [5.74, 6) is -0.311. The first-order valence-corrected chi connectivity index (χ1v) is 3.24. The molecule has 0 aliphatic carbocycles. The van der Waals surface area contributed by atoms with Crippen molar-refractivity contribution in [3.05, 3.63) is 0 Å². The minimum absolute atomic E-state index is 0.0417. The van der Waals surface area contributed by atoms with Crippen molar-refractivity contribution in [1.29, 1.82) is 0 Å². The van der Waals surface area contributed by atoms with E-state index in [4.69, 9.17) is 0 Å². The Hall–Kier alpha value is -0.730. The highest BCUT2D eigenvalue weighted by Crippen LogP contribution is 1.95. The summed E-state index contributed by atoms with van der Waals surface area (Å²) in [6, 6.07) is 0. The molecule has 0 aliphatic rings. The highest BCUT2D eigenvalue weighted by molar-refractivity contribution is 5.97. The van der Waals surface area contributed by atoms with Gasteiger partial charge < -0.3 is 0 Å². The van der Waals surface area contributed by atoms with E-state index in [9.17, 15) is 14.0 Å². The van der Waals surface area contributed by atoms with Crippen molar-refractivity contribution in [2.24, 2.45) is 0 Å². The Bertz CT molecular complexity index is 132. The Balaban J connectivity index is 3.35. The summed E-state index contributed by atoms with van der Waals surface area (Å²) in [5.41, 5.74) is 0. The number of Topliss-reactive ketones (excluding diaryl/α,β-unsaturated/α-hetero) is 2. The number of carbonyl (C=O) groups is 2. The molecular weight excluding hydrogens is 135 g/mol. The molecule has 0 aromatic rings. The molecule has 0 aromatic carbocycles. The van der Waals surface area contributed by atoms with Gasteiger partial charge in [0.05, 0.1) is 13.1 Å². The van der Waals surface area contributed by atoms with Crippen LogP contribution in [0, 0.1) is 0 Å². The van der Waals surface area contributed by atoms with E-state index in [-0.39, 0.29) is 30.8 Å². The van der Waals surface area contributed by atoms with Crippen molar-refractivity contribution in [2.45, 2.75) is 26.2 Å². The minimum Gasteiger partial charge on any atom is -0.300 e. The molecule has 2 nitrogen and oxygen atoms in total. The topological polar surface area (TPSA) is 34.1 Å². The highest BCUT2D eigenvalue weighted by atomic mass is 19.1. The van der Waals surface area contributed by atoms with Gasteiger partial charge in [-0.2, -0.15) is 0 Å². The summed E-state index contributed by atoms with van der Waals surface area (Å²) in [6.45, 7) is 0.872. The predicted molar refractivity (Wildman–Crippen MR) is 35.5 cm³/mol. The lowest BCUT2D eigenvalue weighted by Gasteiger charge is -1.92. The van der Waals surface area contributed by atoms with Gasteiger partial charge >= 0.3 is 0 Å². The van der Waals surface area contributed by atoms with Crippen molar-refractivity contribution in [3.63, 3.8) is 0 Å². The van der Waals surface area contributed by atoms with Crippen LogP contribution in [0.25, 0.3) is 0 Å². The van der Waals surface area contributed by atoms with Crippen LogP contribution in [-0.2, 0) is 9.59 Å². The molecule has 0 unspecified atom stereocenters. The Morgan fingerprint density at radius 1 is 1.40 bits per heavy atom. The van der Waals surface area contributed by atoms with E-state index in [1.165, 1.54) is 6.92 Å². The Labute approximate surface area is 59.4 Å². The zero-order chi connectivity index (χ0) is 7.98. The van der Waals surface area contributed by atoms with Crippen molar-refractivity contribution in [1.82, 2.24) is 0 Å². The van der Waals surface area contributed by atoms with E-state index in [1.54, 1.807) is 0 Å². The quantitative estimate of drug-likeness (QED) is 0.547. The first-order valence-electron chi connectivity index (χ1n) is 3.24. The summed E-state index contributed by atoms with van der Waals surface area (Å²) in [5, 5.41) is 0. The SMILES string of the molecule is CC(=O)CC(=O)CCCF. The van der Waals surface area contributed by atoms with E-state index >= 15 is 0 Å². The second-order valence-corrected chi connectivity index (χ2v) is 2.21. The van der Waals surface area contributed by atoms with Gasteiger partial charge in [0.1, 0.15) is 11.6 Å². The Morgan fingerprint density at radius 3 is 2.40 bits per heavy atom. The summed E-state index contributed by atoms with van der Waals surface area (Å²) in [6.07, 6.45) is 0.391. The van der Waals surface area contributed by atoms with Gasteiger partial charge in [0.15, 0.2) is 0 Å². The molecule has 58 valence electrons. The average Bonchev–Trinajstić information content (AvgIpc) is 1.82. The number of halogens is 1. The van der Waals surface area contributed by atoms with Gasteiger partial charge in [0.25, 0.3) is 0 Å². The van der Waals surface area contributed by atoms with Crippen LogP contribution >= 0.6 is 0 Å². The Kier molecular flexibility index (Phi) is 4.72. The fourth-order valence-electron chi connectivity index (χ4n) is 0.630. The maximum atomic E-state index is 11.5. The van der Waals surface area contributed by atoms with E-state index in [0.29, 0.717) is 0 Å². The first-order chi connectivity index (χ1) is 4.66. The minimum atomic E-state index is -0.482. The number of hydrogen-bond acceptors (Lipinski definition) is 2. The smallest absolute Gasteiger partial charge is 0.140 e. The number of ketones is 2. The van der Waals surface area contributed by atoms with E-state index < -0.39 is 6.67 Å². The maximum absolute atomic E-state index is 11.5. The fraction of sp³-hybridized carbons (Fsp3) is 0.714. The van der Waals surface area contributed by atoms with Gasteiger partial charge in [-0.05, 0) is 13.3 Å². The van der Waals surface area contributed by atoms with Crippen molar-refractivity contribution >= 4 is 11.6 Å². The van der Waals surface area contributed by atoms with Crippen molar-refractivity contribution < 1.29 is 14.0 Å². The average molecular weight is 146 g/mol. The van der Waals surface area contributed by atoms with Gasteiger partial charge in [0.2, 0.25) is 0 Å². The molecule has 0 saturated heterocycles. The third kappa shape index (κ3) is 5.41. The van der Waals surface area contributed by atoms with Crippen LogP contribution in [0.4, 0.5) is 4.39 Å². The van der Waals surface area contributed by atoms with Crippen LogP contribution in [-0.4, -0.2) is 18.2 Å². The third-order valence-electron chi connectivity index (χ3n) is 1.04. The second-order valence-electron chi connectivity index (χ2n) is 2.21. The lowest BCUT2D eigenvalue weighted by Crippen LogP contribution is -2.03.